The number of methoxy groups -OCH3 is 1. The molecule has 1 aromatic rings. The monoisotopic (exact) mass is 335 g/mol. The van der Waals surface area contributed by atoms with Gasteiger partial charge in [0.2, 0.25) is 0 Å². The Labute approximate surface area is 140 Å². The summed E-state index contributed by atoms with van der Waals surface area (Å²) in [4.78, 5) is 11.9. The Hall–Kier alpha value is -3.03. The molecule has 8 nitrogen and oxygen atoms in total. The first-order valence-electron chi connectivity index (χ1n) is 7.27. The third-order valence-corrected chi connectivity index (χ3v) is 2.72. The van der Waals surface area contributed by atoms with Crippen LogP contribution in [0.3, 0.4) is 0 Å². The van der Waals surface area contributed by atoms with E-state index in [0.717, 1.165) is 5.56 Å². The van der Waals surface area contributed by atoms with Crippen LogP contribution in [0.2, 0.25) is 0 Å². The molecule has 0 spiro atoms. The van der Waals surface area contributed by atoms with E-state index in [-0.39, 0.29) is 24.6 Å². The zero-order chi connectivity index (χ0) is 17.9. The maximum atomic E-state index is 11.9. The minimum absolute atomic E-state index is 0.115. The molecule has 0 amide bonds. The predicted octanol–water partition coefficient (Wildman–Crippen LogP) is 1.76. The van der Waals surface area contributed by atoms with Gasteiger partial charge in [0.1, 0.15) is 5.75 Å². The number of amidine groups is 1. The standard InChI is InChI=1S/C16H21N3O5/c1-4-23-15(20)13(16(21)24-5-2)14(17)19-18-10-11-6-8-12(22-3)9-7-11/h6-10,20H,4-5H2,1-3H3,(H2,17,19)/b15-13?,18-10+. The molecule has 0 aliphatic rings. The van der Waals surface area contributed by atoms with Gasteiger partial charge in [-0.1, -0.05) is 0 Å². The van der Waals surface area contributed by atoms with Crippen molar-refractivity contribution in [2.75, 3.05) is 20.3 Å². The Morgan fingerprint density at radius 1 is 1.21 bits per heavy atom. The van der Waals surface area contributed by atoms with Crippen molar-refractivity contribution in [3.8, 4) is 5.75 Å². The summed E-state index contributed by atoms with van der Waals surface area (Å²) in [6.45, 7) is 3.54. The zero-order valence-corrected chi connectivity index (χ0v) is 13.9. The van der Waals surface area contributed by atoms with E-state index in [1.165, 1.54) is 6.21 Å². The van der Waals surface area contributed by atoms with Crippen molar-refractivity contribution in [2.24, 2.45) is 15.9 Å². The van der Waals surface area contributed by atoms with Gasteiger partial charge in [0.05, 0.1) is 26.5 Å². The lowest BCUT2D eigenvalue weighted by atomic mass is 10.2. The zero-order valence-electron chi connectivity index (χ0n) is 13.9. The third kappa shape index (κ3) is 5.64. The van der Waals surface area contributed by atoms with E-state index in [0.29, 0.717) is 5.75 Å². The van der Waals surface area contributed by atoms with Crippen LogP contribution in [0.15, 0.2) is 46.0 Å². The summed E-state index contributed by atoms with van der Waals surface area (Å²) in [5.74, 6) is -1.10. The number of hydrogen-bond acceptors (Lipinski definition) is 7. The van der Waals surface area contributed by atoms with Crippen LogP contribution in [0.1, 0.15) is 19.4 Å². The first-order valence-corrected chi connectivity index (χ1v) is 7.27. The lowest BCUT2D eigenvalue weighted by Gasteiger charge is -2.08. The highest BCUT2D eigenvalue weighted by molar-refractivity contribution is 6.18. The molecule has 0 saturated carbocycles. The molecule has 130 valence electrons. The first kappa shape index (κ1) is 19.0. The number of rotatable bonds is 8. The Morgan fingerprint density at radius 3 is 2.38 bits per heavy atom. The molecule has 1 aromatic carbocycles. The Balaban J connectivity index is 2.97. The number of carbonyl (C=O) groups excluding carboxylic acids is 1. The first-order chi connectivity index (χ1) is 11.5. The molecule has 0 atom stereocenters. The number of aliphatic hydroxyl groups excluding tert-OH is 1. The molecule has 0 fully saturated rings. The van der Waals surface area contributed by atoms with Crippen LogP contribution in [-0.4, -0.2) is 43.4 Å². The van der Waals surface area contributed by atoms with E-state index >= 15 is 0 Å². The minimum Gasteiger partial charge on any atom is -0.497 e. The van der Waals surface area contributed by atoms with Crippen LogP contribution in [0.4, 0.5) is 0 Å². The molecule has 0 heterocycles. The minimum atomic E-state index is -0.843. The molecule has 0 radical (unpaired) electrons. The fourth-order valence-corrected chi connectivity index (χ4v) is 1.61. The molecule has 0 aliphatic carbocycles. The van der Waals surface area contributed by atoms with E-state index in [1.807, 2.05) is 0 Å². The molecule has 0 saturated heterocycles. The van der Waals surface area contributed by atoms with Crippen molar-refractivity contribution in [2.45, 2.75) is 13.8 Å². The number of ether oxygens (including phenoxy) is 3. The second-order valence-electron chi connectivity index (χ2n) is 4.34. The van der Waals surface area contributed by atoms with Gasteiger partial charge in [-0.05, 0) is 43.7 Å². The van der Waals surface area contributed by atoms with E-state index in [4.69, 9.17) is 19.9 Å². The van der Waals surface area contributed by atoms with Crippen molar-refractivity contribution in [1.82, 2.24) is 0 Å². The number of carbonyl (C=O) groups is 1. The summed E-state index contributed by atoms with van der Waals surface area (Å²) < 4.78 is 14.8. The highest BCUT2D eigenvalue weighted by Gasteiger charge is 2.22. The van der Waals surface area contributed by atoms with Crippen molar-refractivity contribution < 1.29 is 24.1 Å². The SMILES string of the molecule is CCOC(=O)C(C(N)=N/N=C/c1ccc(OC)cc1)=C(O)OCC. The molecule has 8 heteroatoms. The van der Waals surface area contributed by atoms with Gasteiger partial charge in [-0.15, -0.1) is 5.10 Å². The van der Waals surface area contributed by atoms with Crippen LogP contribution in [-0.2, 0) is 14.3 Å². The van der Waals surface area contributed by atoms with Crippen LogP contribution >= 0.6 is 0 Å². The molecule has 24 heavy (non-hydrogen) atoms. The lowest BCUT2D eigenvalue weighted by Crippen LogP contribution is -2.25. The van der Waals surface area contributed by atoms with Gasteiger partial charge in [0.15, 0.2) is 11.4 Å². The van der Waals surface area contributed by atoms with Crippen LogP contribution in [0, 0.1) is 0 Å². The van der Waals surface area contributed by atoms with Gasteiger partial charge in [-0.2, -0.15) is 5.10 Å². The van der Waals surface area contributed by atoms with Crippen molar-refractivity contribution >= 4 is 18.0 Å². The van der Waals surface area contributed by atoms with E-state index < -0.39 is 11.9 Å². The summed E-state index contributed by atoms with van der Waals surface area (Å²) in [6.07, 6.45) is 1.44. The molecule has 3 N–H and O–H groups in total. The molecule has 0 bridgehead atoms. The van der Waals surface area contributed by atoms with E-state index in [2.05, 4.69) is 10.2 Å². The van der Waals surface area contributed by atoms with E-state index in [9.17, 15) is 9.90 Å². The quantitative estimate of drug-likeness (QED) is 0.187. The van der Waals surface area contributed by atoms with Gasteiger partial charge in [0.25, 0.3) is 5.95 Å². The topological polar surface area (TPSA) is 116 Å². The van der Waals surface area contributed by atoms with Crippen molar-refractivity contribution in [3.05, 3.63) is 41.3 Å². The summed E-state index contributed by atoms with van der Waals surface area (Å²) in [7, 11) is 1.57. The second kappa shape index (κ2) is 9.88. The van der Waals surface area contributed by atoms with Gasteiger partial charge in [-0.3, -0.25) is 0 Å². The number of nitrogens with two attached hydrogens (primary N) is 1. The summed E-state index contributed by atoms with van der Waals surface area (Å²) in [5.41, 5.74) is 6.09. The number of aliphatic hydroxyl groups is 1. The lowest BCUT2D eigenvalue weighted by molar-refractivity contribution is -0.138. The predicted molar refractivity (Wildman–Crippen MR) is 90.1 cm³/mol. The fourth-order valence-electron chi connectivity index (χ4n) is 1.61. The number of hydrogen-bond donors (Lipinski definition) is 2. The molecular formula is C16H21N3O5. The molecule has 0 unspecified atom stereocenters. The van der Waals surface area contributed by atoms with Gasteiger partial charge < -0.3 is 25.1 Å². The fraction of sp³-hybridized carbons (Fsp3) is 0.312. The Kier molecular flexibility index (Phi) is 7.83. The Morgan fingerprint density at radius 2 is 1.83 bits per heavy atom. The van der Waals surface area contributed by atoms with E-state index in [1.54, 1.807) is 45.2 Å². The highest BCUT2D eigenvalue weighted by atomic mass is 16.6. The summed E-state index contributed by atoms with van der Waals surface area (Å²) in [6, 6.07) is 7.07. The van der Waals surface area contributed by atoms with Gasteiger partial charge >= 0.3 is 5.97 Å². The number of esters is 1. The van der Waals surface area contributed by atoms with Crippen molar-refractivity contribution in [1.29, 1.82) is 0 Å². The largest absolute Gasteiger partial charge is 0.497 e. The average Bonchev–Trinajstić information content (AvgIpc) is 2.56. The maximum Gasteiger partial charge on any atom is 0.349 e. The van der Waals surface area contributed by atoms with Crippen molar-refractivity contribution in [3.63, 3.8) is 0 Å². The van der Waals surface area contributed by atoms with Crippen LogP contribution in [0.5, 0.6) is 5.75 Å². The Bertz CT molecular complexity index is 636. The molecule has 1 rings (SSSR count). The third-order valence-electron chi connectivity index (χ3n) is 2.72. The highest BCUT2D eigenvalue weighted by Crippen LogP contribution is 2.10. The molecular weight excluding hydrogens is 314 g/mol. The number of benzene rings is 1. The second-order valence-corrected chi connectivity index (χ2v) is 4.34. The summed E-state index contributed by atoms with van der Waals surface area (Å²) >= 11 is 0. The smallest absolute Gasteiger partial charge is 0.349 e. The average molecular weight is 335 g/mol. The molecule has 0 aliphatic heterocycles. The normalized spacial score (nSPS) is 12.7. The van der Waals surface area contributed by atoms with Gasteiger partial charge in [0, 0.05) is 0 Å². The molecule has 0 aromatic heterocycles. The number of nitrogens with zero attached hydrogens (tertiary/aromatic N) is 2. The van der Waals surface area contributed by atoms with Crippen LogP contribution in [0.25, 0.3) is 0 Å². The summed E-state index contributed by atoms with van der Waals surface area (Å²) in [5, 5.41) is 17.3. The van der Waals surface area contributed by atoms with Gasteiger partial charge in [-0.25, -0.2) is 4.79 Å². The maximum absolute atomic E-state index is 11.9. The van der Waals surface area contributed by atoms with Crippen LogP contribution < -0.4 is 10.5 Å².